The van der Waals surface area contributed by atoms with Gasteiger partial charge in [0, 0.05) is 0 Å². The minimum Gasteiger partial charge on any atom is -0.171 e. The van der Waals surface area contributed by atoms with E-state index in [9.17, 15) is 13.2 Å². The molecule has 2 saturated carbocycles. The number of hydrogen-bond donors (Lipinski definition) is 0. The summed E-state index contributed by atoms with van der Waals surface area (Å²) in [5.74, 6) is -0.781. The van der Waals surface area contributed by atoms with Crippen molar-refractivity contribution in [3.05, 3.63) is 0 Å². The first-order chi connectivity index (χ1) is 7.30. The van der Waals surface area contributed by atoms with Crippen molar-refractivity contribution in [1.29, 1.82) is 0 Å². The molecule has 3 atom stereocenters. The van der Waals surface area contributed by atoms with Gasteiger partial charge in [-0.15, -0.1) is 0 Å². The molecule has 2 rings (SSSR count). The molecule has 3 heteroatoms. The third kappa shape index (κ3) is 2.38. The highest BCUT2D eigenvalue weighted by molar-refractivity contribution is 4.93. The Morgan fingerprint density at radius 1 is 1.06 bits per heavy atom. The summed E-state index contributed by atoms with van der Waals surface area (Å²) >= 11 is 0. The summed E-state index contributed by atoms with van der Waals surface area (Å²) in [6, 6.07) is 0. The van der Waals surface area contributed by atoms with Crippen molar-refractivity contribution < 1.29 is 13.2 Å². The van der Waals surface area contributed by atoms with Crippen LogP contribution in [0, 0.1) is 23.2 Å². The molecule has 94 valence electrons. The fraction of sp³-hybridized carbons (Fsp3) is 1.00. The van der Waals surface area contributed by atoms with Gasteiger partial charge in [0.15, 0.2) is 0 Å². The minimum atomic E-state index is -3.98. The summed E-state index contributed by atoms with van der Waals surface area (Å²) in [5.41, 5.74) is 0.113. The van der Waals surface area contributed by atoms with Crippen molar-refractivity contribution in [2.24, 2.45) is 23.2 Å². The van der Waals surface area contributed by atoms with Crippen LogP contribution in [0.25, 0.3) is 0 Å². The van der Waals surface area contributed by atoms with Gasteiger partial charge >= 0.3 is 6.18 Å². The Bertz CT molecular complexity index is 254. The average molecular weight is 234 g/mol. The summed E-state index contributed by atoms with van der Waals surface area (Å²) in [4.78, 5) is 0. The molecule has 0 bridgehead atoms. The highest BCUT2D eigenvalue weighted by Gasteiger charge is 2.51. The molecule has 0 aromatic rings. The van der Waals surface area contributed by atoms with Crippen LogP contribution in [-0.4, -0.2) is 6.18 Å². The van der Waals surface area contributed by atoms with Crippen molar-refractivity contribution >= 4 is 0 Å². The Balaban J connectivity index is 2.15. The van der Waals surface area contributed by atoms with E-state index in [2.05, 4.69) is 13.8 Å². The Kier molecular flexibility index (Phi) is 3.00. The molecule has 0 aromatic heterocycles. The number of halogens is 3. The lowest BCUT2D eigenvalue weighted by Crippen LogP contribution is -2.42. The number of hydrogen-bond acceptors (Lipinski definition) is 0. The van der Waals surface area contributed by atoms with Crippen molar-refractivity contribution in [2.45, 2.75) is 58.5 Å². The Labute approximate surface area is 95.6 Å². The summed E-state index contributed by atoms with van der Waals surface area (Å²) in [7, 11) is 0. The number of alkyl halides is 3. The van der Waals surface area contributed by atoms with Crippen LogP contribution >= 0.6 is 0 Å². The van der Waals surface area contributed by atoms with E-state index in [-0.39, 0.29) is 11.3 Å². The summed E-state index contributed by atoms with van der Waals surface area (Å²) < 4.78 is 38.9. The second-order valence-electron chi connectivity index (χ2n) is 6.41. The Morgan fingerprint density at radius 2 is 1.75 bits per heavy atom. The van der Waals surface area contributed by atoms with E-state index in [0.29, 0.717) is 12.3 Å². The zero-order valence-corrected chi connectivity index (χ0v) is 10.1. The van der Waals surface area contributed by atoms with Gasteiger partial charge in [0.05, 0.1) is 5.92 Å². The maximum Gasteiger partial charge on any atom is 0.392 e. The van der Waals surface area contributed by atoms with Crippen LogP contribution in [0.4, 0.5) is 13.2 Å². The predicted molar refractivity (Wildman–Crippen MR) is 58.0 cm³/mol. The standard InChI is InChI=1S/C13H21F3/c1-12(2)7-6-9-4-3-5-11(10(9)8-12)13(14,15)16/h9-11H,3-8H2,1-2H3. The molecule has 0 heterocycles. The summed E-state index contributed by atoms with van der Waals surface area (Å²) in [5, 5.41) is 0. The van der Waals surface area contributed by atoms with Crippen LogP contribution in [0.2, 0.25) is 0 Å². The quantitative estimate of drug-likeness (QED) is 0.565. The lowest BCUT2D eigenvalue weighted by molar-refractivity contribution is -0.210. The molecule has 16 heavy (non-hydrogen) atoms. The van der Waals surface area contributed by atoms with E-state index < -0.39 is 12.1 Å². The van der Waals surface area contributed by atoms with Gasteiger partial charge in [-0.1, -0.05) is 26.7 Å². The lowest BCUT2D eigenvalue weighted by Gasteiger charge is -2.47. The van der Waals surface area contributed by atoms with Crippen LogP contribution in [0.15, 0.2) is 0 Å². The van der Waals surface area contributed by atoms with Crippen LogP contribution < -0.4 is 0 Å². The Morgan fingerprint density at radius 3 is 2.38 bits per heavy atom. The van der Waals surface area contributed by atoms with Crippen molar-refractivity contribution in [3.8, 4) is 0 Å². The molecule has 0 spiro atoms. The smallest absolute Gasteiger partial charge is 0.171 e. The van der Waals surface area contributed by atoms with Gasteiger partial charge in [0.1, 0.15) is 0 Å². The van der Waals surface area contributed by atoms with Crippen LogP contribution in [0.5, 0.6) is 0 Å². The van der Waals surface area contributed by atoms with Crippen LogP contribution in [0.1, 0.15) is 52.4 Å². The van der Waals surface area contributed by atoms with Crippen molar-refractivity contribution in [1.82, 2.24) is 0 Å². The molecular formula is C13H21F3. The highest BCUT2D eigenvalue weighted by Crippen LogP contribution is 2.53. The molecule has 2 aliphatic rings. The Hall–Kier alpha value is -0.210. The molecule has 0 saturated heterocycles. The number of rotatable bonds is 0. The molecule has 2 fully saturated rings. The van der Waals surface area contributed by atoms with Gasteiger partial charge in [-0.2, -0.15) is 13.2 Å². The zero-order chi connectivity index (χ0) is 12.0. The first-order valence-corrected chi connectivity index (χ1v) is 6.36. The van der Waals surface area contributed by atoms with Gasteiger partial charge in [-0.25, -0.2) is 0 Å². The molecule has 0 amide bonds. The zero-order valence-electron chi connectivity index (χ0n) is 10.1. The normalized spacial score (nSPS) is 39.2. The molecule has 3 unspecified atom stereocenters. The molecule has 0 N–H and O–H groups in total. The lowest BCUT2D eigenvalue weighted by atomic mass is 9.59. The largest absolute Gasteiger partial charge is 0.392 e. The first-order valence-electron chi connectivity index (χ1n) is 6.36. The average Bonchev–Trinajstić information content (AvgIpc) is 2.13. The van der Waals surface area contributed by atoms with Crippen LogP contribution in [-0.2, 0) is 0 Å². The predicted octanol–water partition coefficient (Wildman–Crippen LogP) is 4.79. The SMILES string of the molecule is CC1(C)CCC2CCCC(C(F)(F)F)C2C1. The van der Waals surface area contributed by atoms with Crippen molar-refractivity contribution in [2.75, 3.05) is 0 Å². The fourth-order valence-electron chi connectivity index (χ4n) is 3.75. The molecular weight excluding hydrogens is 213 g/mol. The van der Waals surface area contributed by atoms with Crippen LogP contribution in [0.3, 0.4) is 0 Å². The third-order valence-corrected chi connectivity index (χ3v) is 4.61. The van der Waals surface area contributed by atoms with Gasteiger partial charge in [-0.3, -0.25) is 0 Å². The van der Waals surface area contributed by atoms with E-state index in [4.69, 9.17) is 0 Å². The summed E-state index contributed by atoms with van der Waals surface area (Å²) in [6.07, 6.45) is 1.04. The second-order valence-corrected chi connectivity index (χ2v) is 6.41. The minimum absolute atomic E-state index is 0.0995. The topological polar surface area (TPSA) is 0 Å². The maximum absolute atomic E-state index is 13.0. The molecule has 0 radical (unpaired) electrons. The van der Waals surface area contributed by atoms with Gasteiger partial charge < -0.3 is 0 Å². The van der Waals surface area contributed by atoms with Gasteiger partial charge in [-0.05, 0) is 42.9 Å². The monoisotopic (exact) mass is 234 g/mol. The first kappa shape index (κ1) is 12.3. The van der Waals surface area contributed by atoms with E-state index in [1.54, 1.807) is 0 Å². The van der Waals surface area contributed by atoms with Crippen molar-refractivity contribution in [3.63, 3.8) is 0 Å². The number of fused-ring (bicyclic) bond motifs is 1. The van der Waals surface area contributed by atoms with E-state index in [0.717, 1.165) is 32.1 Å². The molecule has 2 aliphatic carbocycles. The third-order valence-electron chi connectivity index (χ3n) is 4.61. The fourth-order valence-corrected chi connectivity index (χ4v) is 3.75. The second kappa shape index (κ2) is 3.92. The molecule has 0 aromatic carbocycles. The van der Waals surface area contributed by atoms with Gasteiger partial charge in [0.25, 0.3) is 0 Å². The molecule has 0 aliphatic heterocycles. The summed E-state index contributed by atoms with van der Waals surface area (Å²) in [6.45, 7) is 4.23. The molecule has 0 nitrogen and oxygen atoms in total. The van der Waals surface area contributed by atoms with E-state index >= 15 is 0 Å². The van der Waals surface area contributed by atoms with E-state index in [1.165, 1.54) is 0 Å². The maximum atomic E-state index is 13.0. The van der Waals surface area contributed by atoms with E-state index in [1.807, 2.05) is 0 Å². The highest BCUT2D eigenvalue weighted by atomic mass is 19.4. The van der Waals surface area contributed by atoms with Gasteiger partial charge in [0.2, 0.25) is 0 Å².